The lowest BCUT2D eigenvalue weighted by Crippen LogP contribution is -2.14. The Kier molecular flexibility index (Phi) is 5.80. The van der Waals surface area contributed by atoms with Crippen LogP contribution in [0.15, 0.2) is 69.9 Å². The van der Waals surface area contributed by atoms with E-state index in [1.165, 1.54) is 26.4 Å². The molecule has 1 heterocycles. The van der Waals surface area contributed by atoms with Gasteiger partial charge in [0.1, 0.15) is 23.0 Å². The zero-order valence-electron chi connectivity index (χ0n) is 17.5. The Balaban J connectivity index is 1.61. The highest BCUT2D eigenvalue weighted by atomic mass is 19.1. The van der Waals surface area contributed by atoms with Crippen molar-refractivity contribution in [2.75, 3.05) is 21.3 Å². The smallest absolute Gasteiger partial charge is 0.444 e. The van der Waals surface area contributed by atoms with Crippen LogP contribution in [-0.4, -0.2) is 31.1 Å². The fourth-order valence-corrected chi connectivity index (χ4v) is 3.07. The van der Waals surface area contributed by atoms with E-state index >= 15 is 0 Å². The Morgan fingerprint density at radius 2 is 1.47 bits per heavy atom. The van der Waals surface area contributed by atoms with Gasteiger partial charge < -0.3 is 23.4 Å². The Hall–Kier alpha value is -4.27. The highest BCUT2D eigenvalue weighted by molar-refractivity contribution is 5.68. The van der Waals surface area contributed by atoms with E-state index in [1.54, 1.807) is 55.6 Å². The van der Waals surface area contributed by atoms with E-state index < -0.39 is 11.6 Å². The second kappa shape index (κ2) is 8.84. The van der Waals surface area contributed by atoms with Gasteiger partial charge in [-0.3, -0.25) is 0 Å². The number of halogens is 1. The Labute approximate surface area is 182 Å². The average molecular weight is 438 g/mol. The largest absolute Gasteiger partial charge is 0.497 e. The second-order valence-electron chi connectivity index (χ2n) is 6.56. The van der Waals surface area contributed by atoms with Gasteiger partial charge in [-0.1, -0.05) is 17.2 Å². The van der Waals surface area contributed by atoms with Gasteiger partial charge in [-0.15, -0.1) is 0 Å². The monoisotopic (exact) mass is 438 g/mol. The minimum Gasteiger partial charge on any atom is -0.497 e. The molecule has 0 atom stereocenters. The SMILES string of the molecule is COc1ccc(Oc2nn(-c3ccc(-c4ccc(OC)c(OC)c4)cc3F)c(=O)o2)cc1. The molecular formula is C23H19FN2O6. The molecule has 8 nitrogen and oxygen atoms in total. The summed E-state index contributed by atoms with van der Waals surface area (Å²) in [5, 5.41) is 3.94. The maximum atomic E-state index is 14.9. The molecule has 3 aromatic carbocycles. The summed E-state index contributed by atoms with van der Waals surface area (Å²) >= 11 is 0. The fraction of sp³-hybridized carbons (Fsp3) is 0.130. The first kappa shape index (κ1) is 21.0. The summed E-state index contributed by atoms with van der Waals surface area (Å²) in [5.74, 6) is 0.550. The van der Waals surface area contributed by atoms with Crippen LogP contribution in [0.5, 0.6) is 29.1 Å². The zero-order chi connectivity index (χ0) is 22.7. The van der Waals surface area contributed by atoms with Gasteiger partial charge in [-0.2, -0.15) is 4.68 Å². The van der Waals surface area contributed by atoms with Crippen LogP contribution in [0.4, 0.5) is 4.39 Å². The van der Waals surface area contributed by atoms with Crippen LogP contribution in [0.1, 0.15) is 0 Å². The molecule has 0 aliphatic carbocycles. The molecule has 0 aliphatic rings. The zero-order valence-corrected chi connectivity index (χ0v) is 17.5. The van der Waals surface area contributed by atoms with Gasteiger partial charge in [-0.05, 0) is 59.7 Å². The molecule has 0 N–H and O–H groups in total. The Morgan fingerprint density at radius 3 is 2.12 bits per heavy atom. The molecule has 0 unspecified atom stereocenters. The number of hydrogen-bond acceptors (Lipinski definition) is 7. The molecule has 0 amide bonds. The van der Waals surface area contributed by atoms with Crippen molar-refractivity contribution < 1.29 is 27.8 Å². The number of rotatable bonds is 7. The molecule has 0 saturated heterocycles. The normalized spacial score (nSPS) is 10.6. The van der Waals surface area contributed by atoms with Gasteiger partial charge in [0.2, 0.25) is 0 Å². The molecule has 0 fully saturated rings. The van der Waals surface area contributed by atoms with Crippen molar-refractivity contribution in [3.8, 4) is 45.9 Å². The lowest BCUT2D eigenvalue weighted by Gasteiger charge is -2.10. The number of ether oxygens (including phenoxy) is 4. The molecule has 9 heteroatoms. The summed E-state index contributed by atoms with van der Waals surface area (Å²) in [5.41, 5.74) is 1.22. The molecule has 0 bridgehead atoms. The van der Waals surface area contributed by atoms with Crippen molar-refractivity contribution in [1.82, 2.24) is 9.78 Å². The van der Waals surface area contributed by atoms with Crippen LogP contribution in [0, 0.1) is 5.82 Å². The number of hydrogen-bond donors (Lipinski definition) is 0. The maximum Gasteiger partial charge on any atom is 0.444 e. The van der Waals surface area contributed by atoms with Gasteiger partial charge >= 0.3 is 11.8 Å². The van der Waals surface area contributed by atoms with Crippen molar-refractivity contribution >= 4 is 0 Å². The van der Waals surface area contributed by atoms with Gasteiger partial charge in [-0.25, -0.2) is 9.18 Å². The molecule has 164 valence electrons. The van der Waals surface area contributed by atoms with Crippen molar-refractivity contribution in [2.24, 2.45) is 0 Å². The maximum absolute atomic E-state index is 14.9. The molecule has 0 radical (unpaired) electrons. The predicted molar refractivity (Wildman–Crippen MR) is 114 cm³/mol. The number of benzene rings is 3. The van der Waals surface area contributed by atoms with E-state index in [9.17, 15) is 9.18 Å². The van der Waals surface area contributed by atoms with Gasteiger partial charge in [0, 0.05) is 0 Å². The molecule has 0 saturated carbocycles. The van der Waals surface area contributed by atoms with E-state index in [4.69, 9.17) is 23.4 Å². The highest BCUT2D eigenvalue weighted by Gasteiger charge is 2.16. The highest BCUT2D eigenvalue weighted by Crippen LogP contribution is 2.33. The van der Waals surface area contributed by atoms with E-state index in [2.05, 4.69) is 5.10 Å². The molecule has 4 aromatic rings. The molecule has 4 rings (SSSR count). The number of aromatic nitrogens is 2. The van der Waals surface area contributed by atoms with Crippen LogP contribution in [0.25, 0.3) is 16.8 Å². The van der Waals surface area contributed by atoms with E-state index in [0.717, 1.165) is 4.68 Å². The lowest BCUT2D eigenvalue weighted by atomic mass is 10.0. The molecule has 1 aromatic heterocycles. The Morgan fingerprint density at radius 1 is 0.812 bits per heavy atom. The summed E-state index contributed by atoms with van der Waals surface area (Å²) in [7, 11) is 4.60. The first-order valence-electron chi connectivity index (χ1n) is 9.46. The van der Waals surface area contributed by atoms with E-state index in [-0.39, 0.29) is 11.8 Å². The van der Waals surface area contributed by atoms with Gasteiger partial charge in [0.05, 0.1) is 21.3 Å². The second-order valence-corrected chi connectivity index (χ2v) is 6.56. The van der Waals surface area contributed by atoms with Crippen molar-refractivity contribution in [3.05, 3.63) is 77.0 Å². The van der Waals surface area contributed by atoms with E-state index in [1.807, 2.05) is 0 Å². The van der Waals surface area contributed by atoms with E-state index in [0.29, 0.717) is 34.1 Å². The van der Waals surface area contributed by atoms with Crippen LogP contribution >= 0.6 is 0 Å². The Bertz CT molecular complexity index is 1300. The minimum atomic E-state index is -0.883. The molecule has 32 heavy (non-hydrogen) atoms. The van der Waals surface area contributed by atoms with Gasteiger partial charge in [0.25, 0.3) is 0 Å². The van der Waals surface area contributed by atoms with Crippen LogP contribution in [0.3, 0.4) is 0 Å². The molecular weight excluding hydrogens is 419 g/mol. The third kappa shape index (κ3) is 4.13. The minimum absolute atomic E-state index is 0.0763. The van der Waals surface area contributed by atoms with Crippen LogP contribution in [0.2, 0.25) is 0 Å². The summed E-state index contributed by atoms with van der Waals surface area (Å²) in [6.45, 7) is 0. The first-order chi connectivity index (χ1) is 15.5. The van der Waals surface area contributed by atoms with Crippen LogP contribution < -0.4 is 24.7 Å². The third-order valence-corrected chi connectivity index (χ3v) is 4.69. The number of nitrogens with zero attached hydrogens (tertiary/aromatic N) is 2. The lowest BCUT2D eigenvalue weighted by molar-refractivity contribution is 0.319. The van der Waals surface area contributed by atoms with Crippen molar-refractivity contribution in [3.63, 3.8) is 0 Å². The quantitative estimate of drug-likeness (QED) is 0.421. The average Bonchev–Trinajstić information content (AvgIpc) is 3.18. The molecule has 0 spiro atoms. The summed E-state index contributed by atoms with van der Waals surface area (Å²) < 4.78 is 41.7. The van der Waals surface area contributed by atoms with Crippen molar-refractivity contribution in [2.45, 2.75) is 0 Å². The summed E-state index contributed by atoms with van der Waals surface area (Å²) in [6.07, 6.45) is -0.316. The first-order valence-corrected chi connectivity index (χ1v) is 9.46. The fourth-order valence-electron chi connectivity index (χ4n) is 3.07. The molecule has 0 aliphatic heterocycles. The third-order valence-electron chi connectivity index (χ3n) is 4.69. The summed E-state index contributed by atoms with van der Waals surface area (Å²) in [4.78, 5) is 12.2. The van der Waals surface area contributed by atoms with Crippen molar-refractivity contribution in [1.29, 1.82) is 0 Å². The topological polar surface area (TPSA) is 85.0 Å². The van der Waals surface area contributed by atoms with Crippen LogP contribution in [-0.2, 0) is 0 Å². The number of methoxy groups -OCH3 is 3. The standard InChI is InChI=1S/C23H19FN2O6/c1-28-16-6-8-17(9-7-16)31-22-25-26(23(27)32-22)19-10-4-14(12-18(19)24)15-5-11-20(29-2)21(13-15)30-3/h4-13H,1-3H3. The van der Waals surface area contributed by atoms with Gasteiger partial charge in [0.15, 0.2) is 11.5 Å². The summed E-state index contributed by atoms with van der Waals surface area (Å²) in [6, 6.07) is 16.2. The predicted octanol–water partition coefficient (Wildman–Crippen LogP) is 4.45.